The van der Waals surface area contributed by atoms with Crippen molar-refractivity contribution in [2.75, 3.05) is 23.8 Å². The fourth-order valence-corrected chi connectivity index (χ4v) is 2.10. The van der Waals surface area contributed by atoms with Gasteiger partial charge < -0.3 is 15.7 Å². The van der Waals surface area contributed by atoms with Gasteiger partial charge in [0.25, 0.3) is 5.91 Å². The second-order valence-corrected chi connectivity index (χ2v) is 5.32. The number of hydrogen-bond acceptors (Lipinski definition) is 4. The predicted octanol–water partition coefficient (Wildman–Crippen LogP) is 2.89. The summed E-state index contributed by atoms with van der Waals surface area (Å²) in [7, 11) is 0. The Bertz CT molecular complexity index is 602. The Balaban J connectivity index is 1.95. The fraction of sp³-hybridized carbons (Fsp3) is 0.200. The Kier molecular flexibility index (Phi) is 5.71. The zero-order chi connectivity index (χ0) is 15.1. The van der Waals surface area contributed by atoms with Crippen molar-refractivity contribution in [2.24, 2.45) is 0 Å². The molecule has 0 saturated carbocycles. The van der Waals surface area contributed by atoms with Crippen LogP contribution in [0.2, 0.25) is 0 Å². The Hall–Kier alpha value is -1.92. The zero-order valence-electron chi connectivity index (χ0n) is 11.3. The molecule has 0 radical (unpaired) electrons. The first-order valence-electron chi connectivity index (χ1n) is 6.57. The number of anilines is 2. The van der Waals surface area contributed by atoms with Gasteiger partial charge in [-0.15, -0.1) is 0 Å². The molecule has 6 heteroatoms. The van der Waals surface area contributed by atoms with Gasteiger partial charge in [-0.2, -0.15) is 0 Å². The van der Waals surface area contributed by atoms with Crippen LogP contribution < -0.4 is 10.6 Å². The maximum Gasteiger partial charge on any atom is 0.255 e. The molecule has 110 valence electrons. The molecule has 0 unspecified atom stereocenters. The number of aliphatic hydroxyl groups is 1. The van der Waals surface area contributed by atoms with Gasteiger partial charge in [0.1, 0.15) is 5.82 Å². The number of carbonyl (C=O) groups is 1. The molecule has 1 amide bonds. The number of benzene rings is 1. The number of aliphatic hydroxyl groups excluding tert-OH is 1. The number of halogens is 1. The molecule has 1 aromatic heterocycles. The van der Waals surface area contributed by atoms with E-state index in [-0.39, 0.29) is 12.5 Å². The molecule has 2 rings (SSSR count). The molecule has 0 aliphatic carbocycles. The summed E-state index contributed by atoms with van der Waals surface area (Å²) in [6.45, 7) is 0.807. The Labute approximate surface area is 131 Å². The number of nitrogens with one attached hydrogen (secondary N) is 2. The lowest BCUT2D eigenvalue weighted by Gasteiger charge is -2.07. The van der Waals surface area contributed by atoms with Crippen molar-refractivity contribution in [2.45, 2.75) is 6.42 Å². The van der Waals surface area contributed by atoms with Crippen LogP contribution in [0.3, 0.4) is 0 Å². The van der Waals surface area contributed by atoms with E-state index in [1.54, 1.807) is 30.5 Å². The Morgan fingerprint density at radius 1 is 1.29 bits per heavy atom. The topological polar surface area (TPSA) is 74.2 Å². The SMILES string of the molecule is O=C(Nc1ccc(NCCCO)nc1)c1cccc(Br)c1. The molecule has 0 aliphatic rings. The van der Waals surface area contributed by atoms with Crippen LogP contribution in [0.25, 0.3) is 0 Å². The van der Waals surface area contributed by atoms with Crippen molar-refractivity contribution in [1.29, 1.82) is 0 Å². The minimum atomic E-state index is -0.181. The summed E-state index contributed by atoms with van der Waals surface area (Å²) in [5.74, 6) is 0.531. The van der Waals surface area contributed by atoms with E-state index in [1.807, 2.05) is 12.1 Å². The van der Waals surface area contributed by atoms with Gasteiger partial charge in [-0.05, 0) is 36.8 Å². The van der Waals surface area contributed by atoms with E-state index in [9.17, 15) is 4.79 Å². The lowest BCUT2D eigenvalue weighted by Crippen LogP contribution is -2.12. The molecule has 0 fully saturated rings. The summed E-state index contributed by atoms with van der Waals surface area (Å²) >= 11 is 3.34. The minimum Gasteiger partial charge on any atom is -0.396 e. The first kappa shape index (κ1) is 15.5. The summed E-state index contributed by atoms with van der Waals surface area (Å²) in [6.07, 6.45) is 2.26. The smallest absolute Gasteiger partial charge is 0.255 e. The third-order valence-corrected chi connectivity index (χ3v) is 3.24. The maximum absolute atomic E-state index is 12.1. The molecular formula is C15H16BrN3O2. The minimum absolute atomic E-state index is 0.147. The average molecular weight is 350 g/mol. The molecule has 0 spiro atoms. The standard InChI is InChI=1S/C15H16BrN3O2/c16-12-4-1-3-11(9-12)15(21)19-13-5-6-14(18-10-13)17-7-2-8-20/h1,3-6,9-10,20H,2,7-8H2,(H,17,18)(H,19,21). The van der Waals surface area contributed by atoms with Crippen molar-refractivity contribution in [3.8, 4) is 0 Å². The monoisotopic (exact) mass is 349 g/mol. The Morgan fingerprint density at radius 3 is 2.81 bits per heavy atom. The number of amides is 1. The van der Waals surface area contributed by atoms with Gasteiger partial charge in [0, 0.05) is 23.2 Å². The number of aromatic nitrogens is 1. The molecule has 0 atom stereocenters. The third-order valence-electron chi connectivity index (χ3n) is 2.75. The van der Waals surface area contributed by atoms with Crippen LogP contribution in [0, 0.1) is 0 Å². The number of nitrogens with zero attached hydrogens (tertiary/aromatic N) is 1. The van der Waals surface area contributed by atoms with E-state index in [1.165, 1.54) is 0 Å². The molecule has 21 heavy (non-hydrogen) atoms. The van der Waals surface area contributed by atoms with E-state index in [2.05, 4.69) is 31.5 Å². The van der Waals surface area contributed by atoms with E-state index in [4.69, 9.17) is 5.11 Å². The average Bonchev–Trinajstić information content (AvgIpc) is 2.49. The van der Waals surface area contributed by atoms with Gasteiger partial charge in [0.05, 0.1) is 11.9 Å². The summed E-state index contributed by atoms with van der Waals surface area (Å²) in [5, 5.41) is 14.6. The predicted molar refractivity (Wildman–Crippen MR) is 86.5 cm³/mol. The second-order valence-electron chi connectivity index (χ2n) is 4.40. The first-order valence-corrected chi connectivity index (χ1v) is 7.36. The van der Waals surface area contributed by atoms with Gasteiger partial charge in [-0.1, -0.05) is 22.0 Å². The molecule has 0 aliphatic heterocycles. The number of carbonyl (C=O) groups excluding carboxylic acids is 1. The van der Waals surface area contributed by atoms with E-state index >= 15 is 0 Å². The first-order chi connectivity index (χ1) is 10.2. The quantitative estimate of drug-likeness (QED) is 0.701. The van der Waals surface area contributed by atoms with Crippen molar-refractivity contribution >= 4 is 33.3 Å². The highest BCUT2D eigenvalue weighted by molar-refractivity contribution is 9.10. The third kappa shape index (κ3) is 4.84. The summed E-state index contributed by atoms with van der Waals surface area (Å²) in [4.78, 5) is 16.3. The molecule has 1 aromatic carbocycles. The highest BCUT2D eigenvalue weighted by Crippen LogP contribution is 2.14. The van der Waals surface area contributed by atoms with E-state index in [0.29, 0.717) is 30.0 Å². The normalized spacial score (nSPS) is 10.2. The molecule has 0 saturated heterocycles. The highest BCUT2D eigenvalue weighted by Gasteiger charge is 2.06. The lowest BCUT2D eigenvalue weighted by atomic mass is 10.2. The van der Waals surface area contributed by atoms with Crippen molar-refractivity contribution < 1.29 is 9.90 Å². The van der Waals surface area contributed by atoms with E-state index in [0.717, 1.165) is 4.47 Å². The highest BCUT2D eigenvalue weighted by atomic mass is 79.9. The number of rotatable bonds is 6. The molecule has 2 aromatic rings. The van der Waals surface area contributed by atoms with E-state index < -0.39 is 0 Å². The largest absolute Gasteiger partial charge is 0.396 e. The molecular weight excluding hydrogens is 334 g/mol. The van der Waals surface area contributed by atoms with Gasteiger partial charge >= 0.3 is 0 Å². The van der Waals surface area contributed by atoms with Crippen molar-refractivity contribution in [3.63, 3.8) is 0 Å². The summed E-state index contributed by atoms with van der Waals surface area (Å²) in [5.41, 5.74) is 1.21. The maximum atomic E-state index is 12.1. The second kappa shape index (κ2) is 7.75. The van der Waals surface area contributed by atoms with Crippen molar-refractivity contribution in [3.05, 3.63) is 52.6 Å². The summed E-state index contributed by atoms with van der Waals surface area (Å²) < 4.78 is 0.858. The van der Waals surface area contributed by atoms with Crippen LogP contribution in [0.5, 0.6) is 0 Å². The van der Waals surface area contributed by atoms with Gasteiger partial charge in [-0.3, -0.25) is 4.79 Å². The van der Waals surface area contributed by atoms with Crippen LogP contribution in [-0.4, -0.2) is 29.1 Å². The van der Waals surface area contributed by atoms with Crippen LogP contribution in [-0.2, 0) is 0 Å². The van der Waals surface area contributed by atoms with Gasteiger partial charge in [0.2, 0.25) is 0 Å². The van der Waals surface area contributed by atoms with Crippen LogP contribution >= 0.6 is 15.9 Å². The molecule has 3 N–H and O–H groups in total. The zero-order valence-corrected chi connectivity index (χ0v) is 12.9. The molecule has 1 heterocycles. The fourth-order valence-electron chi connectivity index (χ4n) is 1.70. The van der Waals surface area contributed by atoms with Crippen LogP contribution in [0.1, 0.15) is 16.8 Å². The number of hydrogen-bond donors (Lipinski definition) is 3. The Morgan fingerprint density at radius 2 is 2.14 bits per heavy atom. The summed E-state index contributed by atoms with van der Waals surface area (Å²) in [6, 6.07) is 10.8. The van der Waals surface area contributed by atoms with Crippen LogP contribution in [0.4, 0.5) is 11.5 Å². The molecule has 5 nitrogen and oxygen atoms in total. The number of pyridine rings is 1. The van der Waals surface area contributed by atoms with Crippen LogP contribution in [0.15, 0.2) is 47.1 Å². The molecule has 0 bridgehead atoms. The lowest BCUT2D eigenvalue weighted by molar-refractivity contribution is 0.102. The van der Waals surface area contributed by atoms with Gasteiger partial charge in [0.15, 0.2) is 0 Å². The van der Waals surface area contributed by atoms with Crippen molar-refractivity contribution in [1.82, 2.24) is 4.98 Å². The van der Waals surface area contributed by atoms with Gasteiger partial charge in [-0.25, -0.2) is 4.98 Å².